The minimum absolute atomic E-state index is 0.0422. The minimum Gasteiger partial charge on any atom is -0.384 e. The number of methoxy groups -OCH3 is 1. The Bertz CT molecular complexity index is 825. The zero-order valence-corrected chi connectivity index (χ0v) is 14.9. The molecule has 1 amide bonds. The van der Waals surface area contributed by atoms with Gasteiger partial charge in [-0.1, -0.05) is 6.92 Å². The lowest BCUT2D eigenvalue weighted by Crippen LogP contribution is -2.28. The van der Waals surface area contributed by atoms with Crippen LogP contribution in [0.25, 0.3) is 10.2 Å². The Balaban J connectivity index is 2.12. The van der Waals surface area contributed by atoms with E-state index in [0.717, 1.165) is 35.0 Å². The molecule has 130 valence electrons. The average Bonchev–Trinajstić information content (AvgIpc) is 2.89. The van der Waals surface area contributed by atoms with Crippen molar-refractivity contribution in [2.24, 2.45) is 11.7 Å². The molecule has 3 rings (SSSR count). The monoisotopic (exact) mass is 349 g/mol. The van der Waals surface area contributed by atoms with Gasteiger partial charge in [-0.3, -0.25) is 14.2 Å². The predicted octanol–water partition coefficient (Wildman–Crippen LogP) is 1.65. The summed E-state index contributed by atoms with van der Waals surface area (Å²) >= 11 is 1.64. The van der Waals surface area contributed by atoms with E-state index in [1.807, 2.05) is 0 Å². The van der Waals surface area contributed by atoms with E-state index in [2.05, 4.69) is 6.92 Å². The number of hydrogen-bond donors (Lipinski definition) is 1. The summed E-state index contributed by atoms with van der Waals surface area (Å²) in [6.07, 6.45) is 3.73. The van der Waals surface area contributed by atoms with Crippen molar-refractivity contribution in [2.75, 3.05) is 13.7 Å². The number of nitrogens with zero attached hydrogens (tertiary/aromatic N) is 2. The highest BCUT2D eigenvalue weighted by Gasteiger charge is 2.24. The lowest BCUT2D eigenvalue weighted by molar-refractivity contribution is -0.118. The summed E-state index contributed by atoms with van der Waals surface area (Å²) in [5.41, 5.74) is 6.38. The standard InChI is InChI=1S/C17H23N3O3S/c1-10-3-4-11-12(9-10)24-16-15(11)17(22)20(7-5-13(18)21)14(19-16)6-8-23-2/h10H,3-9H2,1-2H3,(H2,18,21). The van der Waals surface area contributed by atoms with Gasteiger partial charge in [0.25, 0.3) is 5.56 Å². The summed E-state index contributed by atoms with van der Waals surface area (Å²) in [5, 5.41) is 0.743. The van der Waals surface area contributed by atoms with E-state index < -0.39 is 5.91 Å². The quantitative estimate of drug-likeness (QED) is 0.859. The fraction of sp³-hybridized carbons (Fsp3) is 0.588. The topological polar surface area (TPSA) is 87.2 Å². The molecular formula is C17H23N3O3S. The number of primary amides is 1. The van der Waals surface area contributed by atoms with Gasteiger partial charge in [0.1, 0.15) is 10.7 Å². The molecule has 1 aliphatic rings. The van der Waals surface area contributed by atoms with E-state index in [-0.39, 0.29) is 18.5 Å². The molecule has 0 radical (unpaired) electrons. The van der Waals surface area contributed by atoms with Crippen molar-refractivity contribution in [1.29, 1.82) is 0 Å². The number of aromatic nitrogens is 2. The molecule has 0 fully saturated rings. The summed E-state index contributed by atoms with van der Waals surface area (Å²) in [5.74, 6) is 0.902. The van der Waals surface area contributed by atoms with Crippen molar-refractivity contribution < 1.29 is 9.53 Å². The maximum absolute atomic E-state index is 13.1. The maximum atomic E-state index is 13.1. The molecule has 2 aromatic heterocycles. The molecule has 0 bridgehead atoms. The van der Waals surface area contributed by atoms with Gasteiger partial charge in [-0.05, 0) is 30.7 Å². The third kappa shape index (κ3) is 3.23. The second-order valence-electron chi connectivity index (χ2n) is 6.48. The fourth-order valence-corrected chi connectivity index (χ4v) is 4.69. The Morgan fingerprint density at radius 2 is 2.29 bits per heavy atom. The molecule has 0 aromatic carbocycles. The number of thiophene rings is 1. The number of carbonyl (C=O) groups is 1. The highest BCUT2D eigenvalue weighted by Crippen LogP contribution is 2.35. The van der Waals surface area contributed by atoms with Crippen LogP contribution in [0.3, 0.4) is 0 Å². The summed E-state index contributed by atoms with van der Waals surface area (Å²) < 4.78 is 6.74. The van der Waals surface area contributed by atoms with Gasteiger partial charge in [-0.2, -0.15) is 0 Å². The second kappa shape index (κ2) is 7.03. The molecule has 0 aliphatic heterocycles. The van der Waals surface area contributed by atoms with Crippen LogP contribution in [-0.2, 0) is 35.3 Å². The minimum atomic E-state index is -0.416. The lowest BCUT2D eigenvalue weighted by atomic mass is 9.89. The van der Waals surface area contributed by atoms with Gasteiger partial charge in [0.05, 0.1) is 12.0 Å². The van der Waals surface area contributed by atoms with Crippen LogP contribution in [-0.4, -0.2) is 29.2 Å². The normalized spacial score (nSPS) is 17.2. The molecular weight excluding hydrogens is 326 g/mol. The fourth-order valence-electron chi connectivity index (χ4n) is 3.30. The number of aryl methyl sites for hydroxylation is 1. The molecule has 0 saturated heterocycles. The van der Waals surface area contributed by atoms with Gasteiger partial charge >= 0.3 is 0 Å². The van der Waals surface area contributed by atoms with Crippen molar-refractivity contribution in [3.05, 3.63) is 26.6 Å². The smallest absolute Gasteiger partial charge is 0.262 e. The number of hydrogen-bond acceptors (Lipinski definition) is 5. The first-order valence-corrected chi connectivity index (χ1v) is 9.14. The van der Waals surface area contributed by atoms with Crippen LogP contribution >= 0.6 is 11.3 Å². The molecule has 1 atom stereocenters. The molecule has 2 heterocycles. The van der Waals surface area contributed by atoms with E-state index in [9.17, 15) is 9.59 Å². The van der Waals surface area contributed by atoms with Crippen molar-refractivity contribution in [2.45, 2.75) is 45.6 Å². The predicted molar refractivity (Wildman–Crippen MR) is 94.5 cm³/mol. The summed E-state index contributed by atoms with van der Waals surface area (Å²) in [4.78, 5) is 31.1. The van der Waals surface area contributed by atoms with Gasteiger partial charge in [0.15, 0.2) is 0 Å². The van der Waals surface area contributed by atoms with Crippen LogP contribution in [0.2, 0.25) is 0 Å². The van der Waals surface area contributed by atoms with E-state index >= 15 is 0 Å². The zero-order chi connectivity index (χ0) is 17.3. The van der Waals surface area contributed by atoms with Crippen LogP contribution < -0.4 is 11.3 Å². The Labute approximate surface area is 144 Å². The molecule has 2 aromatic rings. The first kappa shape index (κ1) is 17.1. The highest BCUT2D eigenvalue weighted by atomic mass is 32.1. The Morgan fingerprint density at radius 3 is 3.00 bits per heavy atom. The Hall–Kier alpha value is -1.73. The van der Waals surface area contributed by atoms with Gasteiger partial charge in [0, 0.05) is 31.4 Å². The SMILES string of the molecule is COCCc1nc2sc3c(c2c(=O)n1CCC(N)=O)CCC(C)C3. The maximum Gasteiger partial charge on any atom is 0.262 e. The molecule has 24 heavy (non-hydrogen) atoms. The van der Waals surface area contributed by atoms with Crippen LogP contribution in [0.4, 0.5) is 0 Å². The van der Waals surface area contributed by atoms with Crippen molar-refractivity contribution in [3.63, 3.8) is 0 Å². The van der Waals surface area contributed by atoms with Crippen LogP contribution in [0.1, 0.15) is 36.0 Å². The molecule has 2 N–H and O–H groups in total. The third-order valence-electron chi connectivity index (χ3n) is 4.61. The van der Waals surface area contributed by atoms with E-state index in [4.69, 9.17) is 15.5 Å². The van der Waals surface area contributed by atoms with Gasteiger partial charge in [0.2, 0.25) is 5.91 Å². The number of nitrogens with two attached hydrogens (primary N) is 1. The Morgan fingerprint density at radius 1 is 1.50 bits per heavy atom. The Kier molecular flexibility index (Phi) is 5.01. The summed E-state index contributed by atoms with van der Waals surface area (Å²) in [7, 11) is 1.62. The van der Waals surface area contributed by atoms with Crippen LogP contribution in [0, 0.1) is 5.92 Å². The lowest BCUT2D eigenvalue weighted by Gasteiger charge is -2.17. The van der Waals surface area contributed by atoms with Crippen LogP contribution in [0.5, 0.6) is 0 Å². The van der Waals surface area contributed by atoms with E-state index in [0.29, 0.717) is 24.8 Å². The van der Waals surface area contributed by atoms with Gasteiger partial charge in [-0.15, -0.1) is 11.3 Å². The van der Waals surface area contributed by atoms with Crippen molar-refractivity contribution in [1.82, 2.24) is 9.55 Å². The van der Waals surface area contributed by atoms with Gasteiger partial charge < -0.3 is 10.5 Å². The molecule has 6 nitrogen and oxygen atoms in total. The number of fused-ring (bicyclic) bond motifs is 3. The third-order valence-corrected chi connectivity index (χ3v) is 5.75. The molecule has 1 unspecified atom stereocenters. The molecule has 7 heteroatoms. The van der Waals surface area contributed by atoms with Gasteiger partial charge in [-0.25, -0.2) is 4.98 Å². The zero-order valence-electron chi connectivity index (χ0n) is 14.1. The molecule has 0 spiro atoms. The van der Waals surface area contributed by atoms with E-state index in [1.54, 1.807) is 23.0 Å². The van der Waals surface area contributed by atoms with Crippen molar-refractivity contribution in [3.8, 4) is 0 Å². The largest absolute Gasteiger partial charge is 0.384 e. The highest BCUT2D eigenvalue weighted by molar-refractivity contribution is 7.18. The summed E-state index contributed by atoms with van der Waals surface area (Å²) in [6, 6.07) is 0. The number of ether oxygens (including phenoxy) is 1. The average molecular weight is 349 g/mol. The number of amides is 1. The molecule has 0 saturated carbocycles. The first-order valence-electron chi connectivity index (χ1n) is 8.32. The van der Waals surface area contributed by atoms with Crippen LogP contribution in [0.15, 0.2) is 4.79 Å². The summed E-state index contributed by atoms with van der Waals surface area (Å²) in [6.45, 7) is 3.00. The second-order valence-corrected chi connectivity index (χ2v) is 7.56. The van der Waals surface area contributed by atoms with Crippen molar-refractivity contribution >= 4 is 27.5 Å². The molecule has 1 aliphatic carbocycles. The number of carbonyl (C=O) groups excluding carboxylic acids is 1. The first-order chi connectivity index (χ1) is 11.5. The van der Waals surface area contributed by atoms with E-state index in [1.165, 1.54) is 4.88 Å². The number of rotatable bonds is 6.